The first kappa shape index (κ1) is 13.9. The van der Waals surface area contributed by atoms with Crippen LogP contribution in [0.3, 0.4) is 0 Å². The molecule has 2 nitrogen and oxygen atoms in total. The van der Waals surface area contributed by atoms with Crippen LogP contribution in [0.25, 0.3) is 0 Å². The number of unbranched alkanes of at least 4 members (excludes halogenated alkanes) is 3. The van der Waals surface area contributed by atoms with Gasteiger partial charge in [0.2, 0.25) is 0 Å². The van der Waals surface area contributed by atoms with Crippen molar-refractivity contribution in [2.45, 2.75) is 25.7 Å². The van der Waals surface area contributed by atoms with E-state index in [0.717, 1.165) is 17.9 Å². The molecule has 0 atom stereocenters. The summed E-state index contributed by atoms with van der Waals surface area (Å²) in [7, 11) is 2.10. The van der Waals surface area contributed by atoms with Gasteiger partial charge in [-0.3, -0.25) is 0 Å². The van der Waals surface area contributed by atoms with Crippen molar-refractivity contribution in [3.8, 4) is 6.07 Å². The van der Waals surface area contributed by atoms with Crippen molar-refractivity contribution in [1.29, 1.82) is 5.26 Å². The Morgan fingerprint density at radius 2 is 1.76 bits per heavy atom. The zero-order valence-corrected chi connectivity index (χ0v) is 11.3. The van der Waals surface area contributed by atoms with Crippen LogP contribution in [-0.4, -0.2) is 19.3 Å². The molecular weight excluding hydrogens is 228 g/mol. The fourth-order valence-electron chi connectivity index (χ4n) is 1.73. The second-order valence-corrected chi connectivity index (χ2v) is 4.67. The molecule has 0 heterocycles. The van der Waals surface area contributed by atoms with Crippen molar-refractivity contribution >= 4 is 18.3 Å². The topological polar surface area (TPSA) is 27.0 Å². The zero-order valence-electron chi connectivity index (χ0n) is 10.4. The van der Waals surface area contributed by atoms with Gasteiger partial charge in [-0.05, 0) is 42.9 Å². The lowest BCUT2D eigenvalue weighted by Gasteiger charge is -2.19. The first-order valence-electron chi connectivity index (χ1n) is 6.10. The van der Waals surface area contributed by atoms with Gasteiger partial charge in [0.1, 0.15) is 0 Å². The second kappa shape index (κ2) is 8.03. The van der Waals surface area contributed by atoms with Gasteiger partial charge in [0.15, 0.2) is 0 Å². The van der Waals surface area contributed by atoms with E-state index in [1.807, 2.05) is 24.3 Å². The summed E-state index contributed by atoms with van der Waals surface area (Å²) >= 11 is 4.20. The van der Waals surface area contributed by atoms with Crippen molar-refractivity contribution in [2.75, 3.05) is 24.2 Å². The molecule has 0 saturated carbocycles. The molecule has 1 aromatic rings. The van der Waals surface area contributed by atoms with Crippen LogP contribution < -0.4 is 4.90 Å². The molecule has 0 aliphatic carbocycles. The Kier molecular flexibility index (Phi) is 6.57. The molecule has 0 amide bonds. The number of hydrogen-bond donors (Lipinski definition) is 1. The van der Waals surface area contributed by atoms with Gasteiger partial charge < -0.3 is 4.90 Å². The van der Waals surface area contributed by atoms with E-state index in [9.17, 15) is 0 Å². The molecule has 0 unspecified atom stereocenters. The monoisotopic (exact) mass is 248 g/mol. The Balaban J connectivity index is 2.31. The van der Waals surface area contributed by atoms with Crippen LogP contribution in [0.1, 0.15) is 31.2 Å². The molecule has 92 valence electrons. The molecule has 0 fully saturated rings. The number of anilines is 1. The molecule has 1 aromatic carbocycles. The molecule has 0 spiro atoms. The van der Waals surface area contributed by atoms with Gasteiger partial charge >= 0.3 is 0 Å². The van der Waals surface area contributed by atoms with Crippen LogP contribution in [0.15, 0.2) is 24.3 Å². The lowest BCUT2D eigenvalue weighted by atomic mass is 10.2. The van der Waals surface area contributed by atoms with Gasteiger partial charge in [-0.1, -0.05) is 12.8 Å². The van der Waals surface area contributed by atoms with E-state index in [1.165, 1.54) is 31.4 Å². The lowest BCUT2D eigenvalue weighted by molar-refractivity contribution is 0.665. The number of hydrogen-bond acceptors (Lipinski definition) is 3. The van der Waals surface area contributed by atoms with E-state index >= 15 is 0 Å². The third kappa shape index (κ3) is 5.14. The summed E-state index contributed by atoms with van der Waals surface area (Å²) < 4.78 is 0. The normalized spacial score (nSPS) is 9.94. The Hall–Kier alpha value is -1.14. The Morgan fingerprint density at radius 3 is 2.35 bits per heavy atom. The number of rotatable bonds is 7. The van der Waals surface area contributed by atoms with Gasteiger partial charge in [-0.2, -0.15) is 17.9 Å². The fraction of sp³-hybridized carbons (Fsp3) is 0.500. The summed E-state index contributed by atoms with van der Waals surface area (Å²) in [5, 5.41) is 8.72. The maximum absolute atomic E-state index is 8.72. The fourth-order valence-corrected chi connectivity index (χ4v) is 1.96. The maximum Gasteiger partial charge on any atom is 0.0991 e. The molecule has 0 N–H and O–H groups in total. The summed E-state index contributed by atoms with van der Waals surface area (Å²) in [6.45, 7) is 1.07. The third-order valence-electron chi connectivity index (χ3n) is 2.84. The average molecular weight is 248 g/mol. The van der Waals surface area contributed by atoms with Crippen molar-refractivity contribution in [3.05, 3.63) is 29.8 Å². The highest BCUT2D eigenvalue weighted by atomic mass is 32.1. The molecule has 1 rings (SSSR count). The second-order valence-electron chi connectivity index (χ2n) is 4.22. The van der Waals surface area contributed by atoms with Crippen molar-refractivity contribution in [3.63, 3.8) is 0 Å². The average Bonchev–Trinajstić information content (AvgIpc) is 2.38. The molecule has 0 radical (unpaired) electrons. The zero-order chi connectivity index (χ0) is 12.5. The summed E-state index contributed by atoms with van der Waals surface area (Å²) in [6.07, 6.45) is 4.96. The van der Waals surface area contributed by atoms with Crippen LogP contribution in [0, 0.1) is 11.3 Å². The van der Waals surface area contributed by atoms with E-state index in [-0.39, 0.29) is 0 Å². The number of nitrogens with zero attached hydrogens (tertiary/aromatic N) is 2. The molecule has 0 aromatic heterocycles. The molecule has 0 saturated heterocycles. The standard InChI is InChI=1S/C14H20N2S/c1-16(10-4-2-3-5-11-17)14-8-6-13(12-15)7-9-14/h6-9,17H,2-5,10-11H2,1H3. The van der Waals surface area contributed by atoms with Crippen molar-refractivity contribution in [2.24, 2.45) is 0 Å². The Bertz CT molecular complexity index is 353. The van der Waals surface area contributed by atoms with Crippen LogP contribution in [0.2, 0.25) is 0 Å². The minimum atomic E-state index is 0.718. The lowest BCUT2D eigenvalue weighted by Crippen LogP contribution is -2.18. The van der Waals surface area contributed by atoms with E-state index in [1.54, 1.807) is 0 Å². The smallest absolute Gasteiger partial charge is 0.0991 e. The minimum absolute atomic E-state index is 0.718. The SMILES string of the molecule is CN(CCCCCCS)c1ccc(C#N)cc1. The van der Waals surface area contributed by atoms with Gasteiger partial charge in [0.25, 0.3) is 0 Å². The molecule has 0 bridgehead atoms. The number of nitriles is 1. The summed E-state index contributed by atoms with van der Waals surface area (Å²) in [4.78, 5) is 2.24. The highest BCUT2D eigenvalue weighted by molar-refractivity contribution is 7.80. The summed E-state index contributed by atoms with van der Waals surface area (Å²) in [5.74, 6) is 0.992. The Labute approximate surface area is 110 Å². The highest BCUT2D eigenvalue weighted by Crippen LogP contribution is 2.14. The quantitative estimate of drug-likeness (QED) is 0.591. The molecule has 17 heavy (non-hydrogen) atoms. The molecular formula is C14H20N2S. The van der Waals surface area contributed by atoms with E-state index in [2.05, 4.69) is 30.6 Å². The predicted octanol–water partition coefficient (Wildman–Crippen LogP) is 3.48. The number of benzene rings is 1. The largest absolute Gasteiger partial charge is 0.375 e. The summed E-state index contributed by atoms with van der Waals surface area (Å²) in [6, 6.07) is 9.88. The van der Waals surface area contributed by atoms with Gasteiger partial charge in [0.05, 0.1) is 11.6 Å². The number of thiol groups is 1. The Morgan fingerprint density at radius 1 is 1.12 bits per heavy atom. The predicted molar refractivity (Wildman–Crippen MR) is 76.7 cm³/mol. The van der Waals surface area contributed by atoms with Gasteiger partial charge in [-0.15, -0.1) is 0 Å². The first-order valence-corrected chi connectivity index (χ1v) is 6.73. The van der Waals surface area contributed by atoms with Crippen molar-refractivity contribution < 1.29 is 0 Å². The van der Waals surface area contributed by atoms with Gasteiger partial charge in [0, 0.05) is 19.3 Å². The van der Waals surface area contributed by atoms with Crippen LogP contribution >= 0.6 is 12.6 Å². The van der Waals surface area contributed by atoms with Gasteiger partial charge in [-0.25, -0.2) is 0 Å². The van der Waals surface area contributed by atoms with Crippen LogP contribution in [0.5, 0.6) is 0 Å². The summed E-state index contributed by atoms with van der Waals surface area (Å²) in [5.41, 5.74) is 1.90. The van der Waals surface area contributed by atoms with Crippen LogP contribution in [-0.2, 0) is 0 Å². The highest BCUT2D eigenvalue weighted by Gasteiger charge is 2.00. The van der Waals surface area contributed by atoms with Crippen LogP contribution in [0.4, 0.5) is 5.69 Å². The first-order chi connectivity index (χ1) is 8.27. The third-order valence-corrected chi connectivity index (χ3v) is 3.16. The maximum atomic E-state index is 8.72. The van der Waals surface area contributed by atoms with E-state index < -0.39 is 0 Å². The van der Waals surface area contributed by atoms with E-state index in [0.29, 0.717) is 0 Å². The molecule has 0 aliphatic heterocycles. The molecule has 3 heteroatoms. The van der Waals surface area contributed by atoms with E-state index in [4.69, 9.17) is 5.26 Å². The van der Waals surface area contributed by atoms with Crippen molar-refractivity contribution in [1.82, 2.24) is 0 Å². The minimum Gasteiger partial charge on any atom is -0.375 e. The molecule has 0 aliphatic rings.